The fraction of sp³-hybridized carbons (Fsp3) is 0.429. The highest BCUT2D eigenvalue weighted by Crippen LogP contribution is 2.17. The lowest BCUT2D eigenvalue weighted by molar-refractivity contribution is 0.722. The summed E-state index contributed by atoms with van der Waals surface area (Å²) in [4.78, 5) is 0.916. The van der Waals surface area contributed by atoms with E-state index < -0.39 is 0 Å². The van der Waals surface area contributed by atoms with Gasteiger partial charge >= 0.3 is 0 Å². The first-order valence-electron chi connectivity index (χ1n) is 3.75. The van der Waals surface area contributed by atoms with Crippen LogP contribution in [0.4, 0.5) is 0 Å². The second-order valence-electron chi connectivity index (χ2n) is 2.84. The van der Waals surface area contributed by atoms with Crippen LogP contribution in [-0.4, -0.2) is 14.6 Å². The molecule has 0 bridgehead atoms. The zero-order valence-corrected chi connectivity index (χ0v) is 7.80. The van der Waals surface area contributed by atoms with E-state index in [-0.39, 0.29) is 6.04 Å². The Balaban J connectivity index is 2.75. The Kier molecular flexibility index (Phi) is 1.62. The summed E-state index contributed by atoms with van der Waals surface area (Å²) in [5.41, 5.74) is 6.88. The average Bonchev–Trinajstić information content (AvgIpc) is 2.53. The lowest BCUT2D eigenvalue weighted by Gasteiger charge is -2.00. The molecule has 2 N–H and O–H groups in total. The van der Waals surface area contributed by atoms with Gasteiger partial charge in [0.2, 0.25) is 4.96 Å². The molecule has 2 rings (SSSR count). The molecule has 2 heterocycles. The molecule has 1 unspecified atom stereocenters. The SMILES string of the molecule is Cc1csc2nnc(C(C)N)n12. The van der Waals surface area contributed by atoms with E-state index in [9.17, 15) is 0 Å². The molecule has 0 fully saturated rings. The van der Waals surface area contributed by atoms with Crippen LogP contribution in [0, 0.1) is 6.92 Å². The Bertz CT molecular complexity index is 400. The molecule has 4 nitrogen and oxygen atoms in total. The van der Waals surface area contributed by atoms with E-state index in [1.54, 1.807) is 11.3 Å². The number of fused-ring (bicyclic) bond motifs is 1. The molecule has 0 aliphatic heterocycles. The van der Waals surface area contributed by atoms with Crippen LogP contribution in [0.5, 0.6) is 0 Å². The lowest BCUT2D eigenvalue weighted by atomic mass is 10.3. The first-order chi connectivity index (χ1) is 5.70. The van der Waals surface area contributed by atoms with E-state index in [1.807, 2.05) is 18.2 Å². The minimum atomic E-state index is -0.0618. The Morgan fingerprint density at radius 3 is 3.00 bits per heavy atom. The number of aryl methyl sites for hydroxylation is 1. The van der Waals surface area contributed by atoms with Crippen molar-refractivity contribution in [1.29, 1.82) is 0 Å². The summed E-state index contributed by atoms with van der Waals surface area (Å²) in [6.07, 6.45) is 0. The first-order valence-corrected chi connectivity index (χ1v) is 4.63. The van der Waals surface area contributed by atoms with Crippen molar-refractivity contribution in [2.45, 2.75) is 19.9 Å². The van der Waals surface area contributed by atoms with Crippen LogP contribution < -0.4 is 5.73 Å². The highest BCUT2D eigenvalue weighted by molar-refractivity contribution is 7.15. The van der Waals surface area contributed by atoms with Gasteiger partial charge in [-0.3, -0.25) is 4.40 Å². The van der Waals surface area contributed by atoms with E-state index in [0.717, 1.165) is 16.5 Å². The number of nitrogens with zero attached hydrogens (tertiary/aromatic N) is 3. The molecule has 0 saturated carbocycles. The van der Waals surface area contributed by atoms with E-state index >= 15 is 0 Å². The number of rotatable bonds is 1. The van der Waals surface area contributed by atoms with Crippen molar-refractivity contribution in [2.75, 3.05) is 0 Å². The summed E-state index contributed by atoms with van der Waals surface area (Å²) in [6, 6.07) is -0.0618. The zero-order valence-electron chi connectivity index (χ0n) is 6.98. The molecule has 0 spiro atoms. The van der Waals surface area contributed by atoms with Crippen molar-refractivity contribution in [2.24, 2.45) is 5.73 Å². The third kappa shape index (κ3) is 0.937. The molecule has 1 atom stereocenters. The van der Waals surface area contributed by atoms with Crippen molar-refractivity contribution in [3.63, 3.8) is 0 Å². The number of hydrogen-bond acceptors (Lipinski definition) is 4. The summed E-state index contributed by atoms with van der Waals surface area (Å²) in [5.74, 6) is 0.837. The molecule has 2 aromatic rings. The summed E-state index contributed by atoms with van der Waals surface area (Å²) < 4.78 is 2.00. The molecule has 5 heteroatoms. The minimum absolute atomic E-state index is 0.0618. The third-order valence-corrected chi connectivity index (χ3v) is 2.69. The number of thiazole rings is 1. The number of aromatic nitrogens is 3. The Morgan fingerprint density at radius 1 is 1.58 bits per heavy atom. The normalized spacial score (nSPS) is 13.9. The fourth-order valence-electron chi connectivity index (χ4n) is 1.17. The van der Waals surface area contributed by atoms with Gasteiger partial charge in [0.05, 0.1) is 6.04 Å². The topological polar surface area (TPSA) is 56.2 Å². The Hall–Kier alpha value is -0.940. The van der Waals surface area contributed by atoms with E-state index in [1.165, 1.54) is 0 Å². The fourth-order valence-corrected chi connectivity index (χ4v) is 1.99. The van der Waals surface area contributed by atoms with Crippen LogP contribution in [0.1, 0.15) is 24.5 Å². The zero-order chi connectivity index (χ0) is 8.72. The van der Waals surface area contributed by atoms with Gasteiger partial charge in [-0.2, -0.15) is 0 Å². The van der Waals surface area contributed by atoms with Gasteiger partial charge in [-0.25, -0.2) is 0 Å². The van der Waals surface area contributed by atoms with Crippen molar-refractivity contribution in [3.05, 3.63) is 16.9 Å². The minimum Gasteiger partial charge on any atom is -0.322 e. The Morgan fingerprint density at radius 2 is 2.33 bits per heavy atom. The third-order valence-electron chi connectivity index (χ3n) is 1.75. The molecular weight excluding hydrogens is 172 g/mol. The molecule has 12 heavy (non-hydrogen) atoms. The molecule has 0 radical (unpaired) electrons. The van der Waals surface area contributed by atoms with Gasteiger partial charge in [0, 0.05) is 11.1 Å². The predicted molar refractivity (Wildman–Crippen MR) is 48.2 cm³/mol. The second-order valence-corrected chi connectivity index (χ2v) is 3.68. The molecule has 64 valence electrons. The van der Waals surface area contributed by atoms with Gasteiger partial charge in [0.25, 0.3) is 0 Å². The van der Waals surface area contributed by atoms with Crippen molar-refractivity contribution in [1.82, 2.24) is 14.6 Å². The Labute approximate surface area is 74.0 Å². The molecular formula is C7H10N4S. The van der Waals surface area contributed by atoms with Gasteiger partial charge < -0.3 is 5.73 Å². The van der Waals surface area contributed by atoms with Gasteiger partial charge in [-0.15, -0.1) is 21.5 Å². The maximum atomic E-state index is 5.73. The van der Waals surface area contributed by atoms with Crippen LogP contribution in [0.25, 0.3) is 4.96 Å². The number of hydrogen-bond donors (Lipinski definition) is 1. The summed E-state index contributed by atoms with van der Waals surface area (Å²) in [6.45, 7) is 3.94. The van der Waals surface area contributed by atoms with Crippen LogP contribution in [0.15, 0.2) is 5.38 Å². The smallest absolute Gasteiger partial charge is 0.216 e. The van der Waals surface area contributed by atoms with E-state index in [0.29, 0.717) is 0 Å². The molecule has 0 saturated heterocycles. The highest BCUT2D eigenvalue weighted by Gasteiger charge is 2.11. The maximum absolute atomic E-state index is 5.73. The lowest BCUT2D eigenvalue weighted by Crippen LogP contribution is -2.09. The monoisotopic (exact) mass is 182 g/mol. The second kappa shape index (κ2) is 2.53. The standard InChI is InChI=1S/C7H10N4S/c1-4-3-12-7-10-9-6(5(2)8)11(4)7/h3,5H,8H2,1-2H3. The van der Waals surface area contributed by atoms with Crippen LogP contribution in [-0.2, 0) is 0 Å². The van der Waals surface area contributed by atoms with Crippen molar-refractivity contribution >= 4 is 16.3 Å². The average molecular weight is 182 g/mol. The summed E-state index contributed by atoms with van der Waals surface area (Å²) in [5, 5.41) is 10.1. The summed E-state index contributed by atoms with van der Waals surface area (Å²) >= 11 is 1.59. The van der Waals surface area contributed by atoms with Crippen LogP contribution in [0.3, 0.4) is 0 Å². The van der Waals surface area contributed by atoms with Crippen molar-refractivity contribution < 1.29 is 0 Å². The molecule has 0 amide bonds. The van der Waals surface area contributed by atoms with Gasteiger partial charge in [0.1, 0.15) is 0 Å². The highest BCUT2D eigenvalue weighted by atomic mass is 32.1. The maximum Gasteiger partial charge on any atom is 0.216 e. The molecule has 0 aliphatic rings. The van der Waals surface area contributed by atoms with E-state index in [2.05, 4.69) is 15.6 Å². The molecule has 0 aromatic carbocycles. The van der Waals surface area contributed by atoms with Crippen LogP contribution in [0.2, 0.25) is 0 Å². The summed E-state index contributed by atoms with van der Waals surface area (Å²) in [7, 11) is 0. The van der Waals surface area contributed by atoms with Crippen LogP contribution >= 0.6 is 11.3 Å². The molecule has 2 aromatic heterocycles. The number of nitrogens with two attached hydrogens (primary N) is 1. The first kappa shape index (κ1) is 7.70. The van der Waals surface area contributed by atoms with Gasteiger partial charge in [0.15, 0.2) is 5.82 Å². The largest absolute Gasteiger partial charge is 0.322 e. The van der Waals surface area contributed by atoms with Gasteiger partial charge in [-0.05, 0) is 13.8 Å². The quantitative estimate of drug-likeness (QED) is 0.719. The predicted octanol–water partition coefficient (Wildman–Crippen LogP) is 1.12. The molecule has 0 aliphatic carbocycles. The van der Waals surface area contributed by atoms with E-state index in [4.69, 9.17) is 5.73 Å². The van der Waals surface area contributed by atoms with Crippen molar-refractivity contribution in [3.8, 4) is 0 Å². The van der Waals surface area contributed by atoms with Gasteiger partial charge in [-0.1, -0.05) is 0 Å².